The van der Waals surface area contributed by atoms with Crippen molar-refractivity contribution in [2.45, 2.75) is 0 Å². The van der Waals surface area contributed by atoms with E-state index in [1.807, 2.05) is 24.3 Å². The molecule has 1 aromatic heterocycles. The molecule has 2 aromatic rings. The molecule has 21 heavy (non-hydrogen) atoms. The number of nitriles is 1. The van der Waals surface area contributed by atoms with Gasteiger partial charge in [-0.3, -0.25) is 0 Å². The summed E-state index contributed by atoms with van der Waals surface area (Å²) in [7, 11) is 0. The van der Waals surface area contributed by atoms with Crippen molar-refractivity contribution in [2.24, 2.45) is 0 Å². The number of hydrogen-bond acceptors (Lipinski definition) is 5. The van der Waals surface area contributed by atoms with Gasteiger partial charge in [-0.1, -0.05) is 12.1 Å². The van der Waals surface area contributed by atoms with Gasteiger partial charge in [0.25, 0.3) is 0 Å². The summed E-state index contributed by atoms with van der Waals surface area (Å²) in [6.07, 6.45) is 1.60. The van der Waals surface area contributed by atoms with E-state index in [4.69, 9.17) is 5.26 Å². The summed E-state index contributed by atoms with van der Waals surface area (Å²) in [5, 5.41) is 18.7. The molecule has 0 atom stereocenters. The average Bonchev–Trinajstić information content (AvgIpc) is 2.56. The number of benzene rings is 1. The molecule has 1 saturated heterocycles. The molecule has 106 valence electrons. The minimum atomic E-state index is 0.322. The highest BCUT2D eigenvalue weighted by Gasteiger charge is 2.19. The second kappa shape index (κ2) is 5.71. The number of rotatable bonds is 2. The van der Waals surface area contributed by atoms with Crippen molar-refractivity contribution >= 4 is 11.5 Å². The number of pyridine rings is 1. The smallest absolute Gasteiger partial charge is 0.138 e. The number of para-hydroxylation sites is 2. The van der Waals surface area contributed by atoms with Crippen LogP contribution < -0.4 is 9.80 Å². The number of phenols is 1. The molecule has 3 rings (SSSR count). The van der Waals surface area contributed by atoms with Crippen LogP contribution >= 0.6 is 0 Å². The van der Waals surface area contributed by atoms with E-state index in [1.54, 1.807) is 18.3 Å². The third-order valence-corrected chi connectivity index (χ3v) is 3.70. The molecule has 0 aliphatic carbocycles. The van der Waals surface area contributed by atoms with Crippen molar-refractivity contribution in [3.05, 3.63) is 48.2 Å². The van der Waals surface area contributed by atoms with E-state index in [1.165, 1.54) is 0 Å². The molecule has 0 bridgehead atoms. The number of aromatic hydroxyl groups is 1. The van der Waals surface area contributed by atoms with Crippen molar-refractivity contribution in [3.63, 3.8) is 0 Å². The molecule has 0 amide bonds. The number of aromatic nitrogens is 1. The highest BCUT2D eigenvalue weighted by molar-refractivity contribution is 5.58. The molecular weight excluding hydrogens is 264 g/mol. The standard InChI is InChI=1S/C16H16N4O/c17-11-13-5-6-16(18-12-13)20-9-7-19(8-10-20)14-3-1-2-4-15(14)21/h1-6,12,21H,7-10H2. The number of piperazine rings is 1. The molecule has 1 aliphatic heterocycles. The van der Waals surface area contributed by atoms with Gasteiger partial charge in [0.05, 0.1) is 11.3 Å². The van der Waals surface area contributed by atoms with E-state index in [9.17, 15) is 5.11 Å². The van der Waals surface area contributed by atoms with Gasteiger partial charge < -0.3 is 14.9 Å². The van der Waals surface area contributed by atoms with Gasteiger partial charge in [0, 0.05) is 32.4 Å². The highest BCUT2D eigenvalue weighted by atomic mass is 16.3. The molecule has 0 unspecified atom stereocenters. The molecule has 2 heterocycles. The molecule has 1 aliphatic rings. The van der Waals surface area contributed by atoms with Crippen LogP contribution in [0.2, 0.25) is 0 Å². The quantitative estimate of drug-likeness (QED) is 0.911. The Balaban J connectivity index is 1.67. The molecule has 0 saturated carbocycles. The Labute approximate surface area is 123 Å². The zero-order valence-electron chi connectivity index (χ0n) is 11.6. The number of hydrogen-bond donors (Lipinski definition) is 1. The average molecular weight is 280 g/mol. The number of phenolic OH excluding ortho intramolecular Hbond substituents is 1. The first-order valence-corrected chi connectivity index (χ1v) is 6.92. The van der Waals surface area contributed by atoms with Gasteiger partial charge in [0.2, 0.25) is 0 Å². The third kappa shape index (κ3) is 2.75. The van der Waals surface area contributed by atoms with Crippen LogP contribution in [0.1, 0.15) is 5.56 Å². The topological polar surface area (TPSA) is 63.4 Å². The summed E-state index contributed by atoms with van der Waals surface area (Å²) in [5.74, 6) is 1.22. The maximum absolute atomic E-state index is 9.91. The lowest BCUT2D eigenvalue weighted by atomic mass is 10.2. The fourth-order valence-electron chi connectivity index (χ4n) is 2.55. The zero-order chi connectivity index (χ0) is 14.7. The van der Waals surface area contributed by atoms with Gasteiger partial charge in [-0.05, 0) is 24.3 Å². The van der Waals surface area contributed by atoms with Crippen LogP contribution in [0.5, 0.6) is 5.75 Å². The Morgan fingerprint density at radius 3 is 2.33 bits per heavy atom. The number of nitrogens with zero attached hydrogens (tertiary/aromatic N) is 4. The van der Waals surface area contributed by atoms with Crippen LogP contribution in [0.4, 0.5) is 11.5 Å². The van der Waals surface area contributed by atoms with Crippen molar-refractivity contribution in [3.8, 4) is 11.8 Å². The zero-order valence-corrected chi connectivity index (χ0v) is 11.6. The molecule has 1 fully saturated rings. The first-order chi connectivity index (χ1) is 10.3. The minimum Gasteiger partial charge on any atom is -0.506 e. The van der Waals surface area contributed by atoms with Crippen molar-refractivity contribution in [2.75, 3.05) is 36.0 Å². The molecule has 1 aromatic carbocycles. The van der Waals surface area contributed by atoms with E-state index in [-0.39, 0.29) is 0 Å². The summed E-state index contributed by atoms with van der Waals surface area (Å²) in [4.78, 5) is 8.69. The Kier molecular flexibility index (Phi) is 3.61. The summed E-state index contributed by atoms with van der Waals surface area (Å²) in [6, 6.07) is 13.2. The maximum Gasteiger partial charge on any atom is 0.138 e. The second-order valence-electron chi connectivity index (χ2n) is 4.98. The van der Waals surface area contributed by atoms with Crippen LogP contribution in [-0.4, -0.2) is 36.3 Å². The second-order valence-corrected chi connectivity index (χ2v) is 4.98. The van der Waals surface area contributed by atoms with E-state index >= 15 is 0 Å². The van der Waals surface area contributed by atoms with E-state index in [0.29, 0.717) is 11.3 Å². The summed E-state index contributed by atoms with van der Waals surface area (Å²) in [5.41, 5.74) is 1.46. The molecular formula is C16H16N4O. The van der Waals surface area contributed by atoms with E-state index < -0.39 is 0 Å². The van der Waals surface area contributed by atoms with Gasteiger partial charge in [0.1, 0.15) is 17.6 Å². The van der Waals surface area contributed by atoms with Crippen LogP contribution in [-0.2, 0) is 0 Å². The van der Waals surface area contributed by atoms with Gasteiger partial charge in [-0.2, -0.15) is 5.26 Å². The summed E-state index contributed by atoms with van der Waals surface area (Å²) in [6.45, 7) is 3.35. The molecule has 0 radical (unpaired) electrons. The van der Waals surface area contributed by atoms with Gasteiger partial charge >= 0.3 is 0 Å². The van der Waals surface area contributed by atoms with E-state index in [0.717, 1.165) is 37.7 Å². The Hall–Kier alpha value is -2.74. The Morgan fingerprint density at radius 2 is 1.71 bits per heavy atom. The molecule has 1 N–H and O–H groups in total. The van der Waals surface area contributed by atoms with Crippen molar-refractivity contribution < 1.29 is 5.11 Å². The van der Waals surface area contributed by atoms with Gasteiger partial charge in [0.15, 0.2) is 0 Å². The molecule has 5 heteroatoms. The van der Waals surface area contributed by atoms with Crippen molar-refractivity contribution in [1.82, 2.24) is 4.98 Å². The van der Waals surface area contributed by atoms with Crippen LogP contribution in [0, 0.1) is 11.3 Å². The van der Waals surface area contributed by atoms with Crippen molar-refractivity contribution in [1.29, 1.82) is 5.26 Å². The normalized spacial score (nSPS) is 14.8. The Bertz CT molecular complexity index is 655. The minimum absolute atomic E-state index is 0.322. The first-order valence-electron chi connectivity index (χ1n) is 6.92. The fourth-order valence-corrected chi connectivity index (χ4v) is 2.55. The largest absolute Gasteiger partial charge is 0.506 e. The summed E-state index contributed by atoms with van der Waals surface area (Å²) < 4.78 is 0. The van der Waals surface area contributed by atoms with E-state index in [2.05, 4.69) is 20.9 Å². The predicted octanol–water partition coefficient (Wildman–Crippen LogP) is 1.99. The number of anilines is 2. The van der Waals surface area contributed by atoms with Gasteiger partial charge in [-0.15, -0.1) is 0 Å². The first kappa shape index (κ1) is 13.3. The van der Waals surface area contributed by atoms with Crippen LogP contribution in [0.25, 0.3) is 0 Å². The SMILES string of the molecule is N#Cc1ccc(N2CCN(c3ccccc3O)CC2)nc1. The maximum atomic E-state index is 9.91. The highest BCUT2D eigenvalue weighted by Crippen LogP contribution is 2.27. The predicted molar refractivity (Wildman–Crippen MR) is 81.5 cm³/mol. The van der Waals surface area contributed by atoms with Crippen LogP contribution in [0.15, 0.2) is 42.6 Å². The Morgan fingerprint density at radius 1 is 1.00 bits per heavy atom. The monoisotopic (exact) mass is 280 g/mol. The van der Waals surface area contributed by atoms with Gasteiger partial charge in [-0.25, -0.2) is 4.98 Å². The van der Waals surface area contributed by atoms with Crippen LogP contribution in [0.3, 0.4) is 0 Å². The lowest BCUT2D eigenvalue weighted by Gasteiger charge is -2.36. The lowest BCUT2D eigenvalue weighted by molar-refractivity contribution is 0.472. The lowest BCUT2D eigenvalue weighted by Crippen LogP contribution is -2.46. The fraction of sp³-hybridized carbons (Fsp3) is 0.250. The molecule has 5 nitrogen and oxygen atoms in total. The summed E-state index contributed by atoms with van der Waals surface area (Å²) >= 11 is 0. The molecule has 0 spiro atoms. The third-order valence-electron chi connectivity index (χ3n) is 3.70.